The Morgan fingerprint density at radius 1 is 1.22 bits per heavy atom. The average molecular weight is 312 g/mol. The molecule has 2 atom stereocenters. The van der Waals surface area contributed by atoms with Crippen molar-refractivity contribution >= 4 is 11.6 Å². The Labute approximate surface area is 139 Å². The first-order valence-electron chi connectivity index (χ1n) is 8.76. The minimum atomic E-state index is 0.0162. The Morgan fingerprint density at radius 2 is 1.96 bits per heavy atom. The van der Waals surface area contributed by atoms with Crippen molar-refractivity contribution in [3.63, 3.8) is 0 Å². The first-order valence-corrected chi connectivity index (χ1v) is 8.76. The second-order valence-electron chi connectivity index (χ2n) is 7.93. The van der Waals surface area contributed by atoms with Crippen molar-refractivity contribution in [2.75, 3.05) is 25.0 Å². The highest BCUT2D eigenvalue weighted by Crippen LogP contribution is 2.30. The number of fused-ring (bicyclic) bond motifs is 2. The van der Waals surface area contributed by atoms with Crippen LogP contribution in [0.25, 0.3) is 0 Å². The van der Waals surface area contributed by atoms with Gasteiger partial charge in [-0.15, -0.1) is 0 Å². The summed E-state index contributed by atoms with van der Waals surface area (Å²) in [5.41, 5.74) is 3.63. The van der Waals surface area contributed by atoms with Crippen molar-refractivity contribution in [2.24, 2.45) is 5.92 Å². The summed E-state index contributed by atoms with van der Waals surface area (Å²) in [6.07, 6.45) is 5.39. The van der Waals surface area contributed by atoms with Crippen LogP contribution in [0.15, 0.2) is 35.9 Å². The summed E-state index contributed by atoms with van der Waals surface area (Å²) < 4.78 is 0. The molecule has 1 aromatic carbocycles. The van der Waals surface area contributed by atoms with Gasteiger partial charge in [-0.3, -0.25) is 4.79 Å². The van der Waals surface area contributed by atoms with Crippen LogP contribution in [-0.4, -0.2) is 30.4 Å². The molecule has 0 aliphatic carbocycles. The Balaban J connectivity index is 1.64. The number of anilines is 1. The van der Waals surface area contributed by atoms with E-state index in [4.69, 9.17) is 0 Å². The van der Waals surface area contributed by atoms with E-state index < -0.39 is 0 Å². The lowest BCUT2D eigenvalue weighted by Crippen LogP contribution is -2.41. The maximum Gasteiger partial charge on any atom is 0.248 e. The van der Waals surface area contributed by atoms with E-state index in [9.17, 15) is 4.79 Å². The Morgan fingerprint density at radius 3 is 2.65 bits per heavy atom. The van der Waals surface area contributed by atoms with Crippen molar-refractivity contribution in [3.8, 4) is 0 Å². The van der Waals surface area contributed by atoms with Crippen LogP contribution < -0.4 is 5.32 Å². The molecule has 3 rings (SSSR count). The molecule has 2 bridgehead atoms. The third kappa shape index (κ3) is 4.03. The highest BCUT2D eigenvalue weighted by Gasteiger charge is 2.27. The van der Waals surface area contributed by atoms with Gasteiger partial charge in [-0.2, -0.15) is 0 Å². The molecule has 2 unspecified atom stereocenters. The van der Waals surface area contributed by atoms with Gasteiger partial charge in [0.15, 0.2) is 0 Å². The minimum absolute atomic E-state index is 0.0162. The number of carbonyl (C=O) groups is 1. The molecule has 1 amide bonds. The minimum Gasteiger partial charge on any atom is -0.323 e. The maximum atomic E-state index is 12.3. The Bertz CT molecular complexity index is 595. The summed E-state index contributed by atoms with van der Waals surface area (Å²) in [6, 6.07) is 8.20. The second-order valence-corrected chi connectivity index (χ2v) is 7.93. The highest BCUT2D eigenvalue weighted by atomic mass is 16.1. The van der Waals surface area contributed by atoms with Gasteiger partial charge in [0.05, 0.1) is 0 Å². The van der Waals surface area contributed by atoms with E-state index in [2.05, 4.69) is 43.1 Å². The monoisotopic (exact) mass is 312 g/mol. The summed E-state index contributed by atoms with van der Waals surface area (Å²) >= 11 is 0. The largest absolute Gasteiger partial charge is 0.323 e. The SMILES string of the molecule is CC(C)(C)c1ccc(NC(=O)C=C2CCN3CCCC2C3)cc1. The summed E-state index contributed by atoms with van der Waals surface area (Å²) in [7, 11) is 0. The lowest BCUT2D eigenvalue weighted by Gasteiger charge is -2.39. The van der Waals surface area contributed by atoms with Crippen LogP contribution in [0, 0.1) is 5.92 Å². The van der Waals surface area contributed by atoms with Gasteiger partial charge >= 0.3 is 0 Å². The second kappa shape index (κ2) is 6.48. The number of hydrogen-bond donors (Lipinski definition) is 1. The number of hydrogen-bond acceptors (Lipinski definition) is 2. The van der Waals surface area contributed by atoms with E-state index in [1.165, 1.54) is 30.5 Å². The standard InChI is InChI=1S/C20H28N2O/c1-20(2,3)17-6-8-18(9-7-17)21-19(23)13-15-10-12-22-11-4-5-16(15)14-22/h6-9,13,16H,4-5,10-12,14H2,1-3H3,(H,21,23). The number of carbonyl (C=O) groups excluding carboxylic acids is 1. The van der Waals surface area contributed by atoms with E-state index in [0.29, 0.717) is 5.92 Å². The topological polar surface area (TPSA) is 32.3 Å². The number of nitrogens with zero attached hydrogens (tertiary/aromatic N) is 1. The molecule has 2 aliphatic heterocycles. The molecule has 3 nitrogen and oxygen atoms in total. The summed E-state index contributed by atoms with van der Waals surface area (Å²) in [5.74, 6) is 0.606. The van der Waals surface area contributed by atoms with Gasteiger partial charge in [0.1, 0.15) is 0 Å². The normalized spacial score (nSPS) is 26.1. The molecule has 0 radical (unpaired) electrons. The van der Waals surface area contributed by atoms with Gasteiger partial charge < -0.3 is 10.2 Å². The summed E-state index contributed by atoms with van der Waals surface area (Å²) in [6.45, 7) is 10.1. The van der Waals surface area contributed by atoms with Crippen LogP contribution in [-0.2, 0) is 10.2 Å². The van der Waals surface area contributed by atoms with Gasteiger partial charge in [-0.25, -0.2) is 0 Å². The molecule has 0 spiro atoms. The lowest BCUT2D eigenvalue weighted by atomic mass is 9.84. The van der Waals surface area contributed by atoms with Crippen LogP contribution in [0.5, 0.6) is 0 Å². The molecule has 3 heteroatoms. The Kier molecular flexibility index (Phi) is 4.58. The van der Waals surface area contributed by atoms with Crippen molar-refractivity contribution in [3.05, 3.63) is 41.5 Å². The third-order valence-electron chi connectivity index (χ3n) is 5.08. The zero-order valence-electron chi connectivity index (χ0n) is 14.6. The fourth-order valence-electron chi connectivity index (χ4n) is 3.64. The number of nitrogens with one attached hydrogen (secondary N) is 1. The van der Waals surface area contributed by atoms with Gasteiger partial charge in [0.2, 0.25) is 5.91 Å². The molecular formula is C20H28N2O. The Hall–Kier alpha value is -1.61. The fourth-order valence-corrected chi connectivity index (χ4v) is 3.64. The lowest BCUT2D eigenvalue weighted by molar-refractivity contribution is -0.112. The predicted octanol–water partition coefficient (Wildman–Crippen LogP) is 3.96. The van der Waals surface area contributed by atoms with Crippen LogP contribution in [0.3, 0.4) is 0 Å². The summed E-state index contributed by atoms with van der Waals surface area (Å²) in [4.78, 5) is 14.8. The molecule has 2 heterocycles. The van der Waals surface area contributed by atoms with Crippen molar-refractivity contribution in [1.29, 1.82) is 0 Å². The van der Waals surface area contributed by atoms with Crippen LogP contribution in [0.1, 0.15) is 45.6 Å². The van der Waals surface area contributed by atoms with Crippen molar-refractivity contribution in [1.82, 2.24) is 4.90 Å². The zero-order chi connectivity index (χ0) is 16.4. The molecular weight excluding hydrogens is 284 g/mol. The summed E-state index contributed by atoms with van der Waals surface area (Å²) in [5, 5.41) is 3.01. The van der Waals surface area contributed by atoms with Gasteiger partial charge in [-0.1, -0.05) is 38.5 Å². The van der Waals surface area contributed by atoms with Crippen LogP contribution in [0.4, 0.5) is 5.69 Å². The quantitative estimate of drug-likeness (QED) is 0.838. The van der Waals surface area contributed by atoms with E-state index in [1.807, 2.05) is 18.2 Å². The van der Waals surface area contributed by atoms with Crippen LogP contribution in [0.2, 0.25) is 0 Å². The smallest absolute Gasteiger partial charge is 0.248 e. The molecule has 0 saturated carbocycles. The molecule has 2 aliphatic rings. The first kappa shape index (κ1) is 16.3. The molecule has 2 saturated heterocycles. The van der Waals surface area contributed by atoms with Crippen molar-refractivity contribution in [2.45, 2.75) is 45.4 Å². The van der Waals surface area contributed by atoms with E-state index >= 15 is 0 Å². The van der Waals surface area contributed by atoms with Crippen LogP contribution >= 0.6 is 0 Å². The van der Waals surface area contributed by atoms with Gasteiger partial charge in [0, 0.05) is 24.9 Å². The van der Waals surface area contributed by atoms with E-state index in [1.54, 1.807) is 0 Å². The number of amides is 1. The molecule has 1 aromatic rings. The average Bonchev–Trinajstić information content (AvgIpc) is 2.50. The van der Waals surface area contributed by atoms with Crippen molar-refractivity contribution < 1.29 is 4.79 Å². The third-order valence-corrected chi connectivity index (χ3v) is 5.08. The highest BCUT2D eigenvalue weighted by molar-refractivity contribution is 5.99. The fraction of sp³-hybridized carbons (Fsp3) is 0.550. The molecule has 0 aromatic heterocycles. The van der Waals surface area contributed by atoms with E-state index in [0.717, 1.165) is 25.2 Å². The van der Waals surface area contributed by atoms with E-state index in [-0.39, 0.29) is 11.3 Å². The molecule has 2 fully saturated rings. The molecule has 1 N–H and O–H groups in total. The number of rotatable bonds is 2. The first-order chi connectivity index (χ1) is 10.9. The van der Waals surface area contributed by atoms with Gasteiger partial charge in [0.25, 0.3) is 0 Å². The predicted molar refractivity (Wildman–Crippen MR) is 95.6 cm³/mol. The molecule has 124 valence electrons. The number of benzene rings is 1. The maximum absolute atomic E-state index is 12.3. The number of piperidine rings is 2. The van der Waals surface area contributed by atoms with Gasteiger partial charge in [-0.05, 0) is 54.8 Å². The molecule has 23 heavy (non-hydrogen) atoms. The zero-order valence-corrected chi connectivity index (χ0v) is 14.6.